The summed E-state index contributed by atoms with van der Waals surface area (Å²) in [5, 5.41) is 4.32. The number of hydrogen-bond donors (Lipinski definition) is 0. The van der Waals surface area contributed by atoms with Crippen LogP contribution in [0, 0.1) is 6.92 Å². The molecule has 0 amide bonds. The number of pyridine rings is 1. The van der Waals surface area contributed by atoms with Crippen molar-refractivity contribution in [2.75, 3.05) is 0 Å². The zero-order valence-electron chi connectivity index (χ0n) is 9.95. The average Bonchev–Trinajstić information content (AvgIpc) is 2.87. The maximum Gasteiger partial charge on any atom is 0.349 e. The van der Waals surface area contributed by atoms with E-state index in [0.29, 0.717) is 6.54 Å². The maximum atomic E-state index is 12.2. The lowest BCUT2D eigenvalue weighted by molar-refractivity contribution is 0.597. The van der Waals surface area contributed by atoms with Crippen molar-refractivity contribution in [2.24, 2.45) is 0 Å². The molecule has 90 valence electrons. The van der Waals surface area contributed by atoms with Crippen molar-refractivity contribution in [1.29, 1.82) is 0 Å². The molecule has 3 aromatic rings. The summed E-state index contributed by atoms with van der Waals surface area (Å²) in [5.74, 6) is 0. The van der Waals surface area contributed by atoms with Crippen molar-refractivity contribution in [3.05, 3.63) is 64.6 Å². The van der Waals surface area contributed by atoms with Crippen LogP contribution in [0.25, 0.3) is 5.52 Å². The van der Waals surface area contributed by atoms with Gasteiger partial charge in [0.2, 0.25) is 0 Å². The molecular formula is C13H12N4O. The monoisotopic (exact) mass is 240 g/mol. The Hall–Kier alpha value is -2.43. The lowest BCUT2D eigenvalue weighted by atomic mass is 10.3. The molecule has 0 spiro atoms. The van der Waals surface area contributed by atoms with Gasteiger partial charge in [0.25, 0.3) is 0 Å². The highest BCUT2D eigenvalue weighted by Gasteiger charge is 2.07. The fourth-order valence-electron chi connectivity index (χ4n) is 2.01. The Balaban J connectivity index is 2.13. The van der Waals surface area contributed by atoms with Gasteiger partial charge in [-0.1, -0.05) is 6.07 Å². The Kier molecular flexibility index (Phi) is 2.44. The largest absolute Gasteiger partial charge is 0.349 e. The standard InChI is InChI=1S/C13H12N4O/c1-10-12-5-3-7-16(12)13(18)17(15-10)9-11-4-2-6-14-8-11/h2-8H,9H2,1H3. The van der Waals surface area contributed by atoms with Gasteiger partial charge in [-0.15, -0.1) is 0 Å². The number of fused-ring (bicyclic) bond motifs is 1. The highest BCUT2D eigenvalue weighted by Crippen LogP contribution is 2.05. The lowest BCUT2D eigenvalue weighted by Crippen LogP contribution is -2.29. The molecule has 3 aromatic heterocycles. The summed E-state index contributed by atoms with van der Waals surface area (Å²) in [5.41, 5.74) is 2.51. The van der Waals surface area contributed by atoms with E-state index >= 15 is 0 Å². The van der Waals surface area contributed by atoms with Gasteiger partial charge in [-0.25, -0.2) is 9.48 Å². The molecule has 0 aliphatic carbocycles. The van der Waals surface area contributed by atoms with Gasteiger partial charge in [0.1, 0.15) is 0 Å². The van der Waals surface area contributed by atoms with Crippen molar-refractivity contribution in [3.63, 3.8) is 0 Å². The molecule has 3 heterocycles. The summed E-state index contributed by atoms with van der Waals surface area (Å²) in [6.45, 7) is 2.33. The first kappa shape index (κ1) is 10.7. The van der Waals surface area contributed by atoms with Gasteiger partial charge in [-0.3, -0.25) is 9.38 Å². The molecule has 0 unspecified atom stereocenters. The average molecular weight is 240 g/mol. The van der Waals surface area contributed by atoms with Crippen molar-refractivity contribution < 1.29 is 0 Å². The SMILES string of the molecule is Cc1nn(Cc2cccnc2)c(=O)n2cccc12. The number of nitrogens with zero attached hydrogens (tertiary/aromatic N) is 4. The predicted octanol–water partition coefficient (Wildman–Crippen LogP) is 1.25. The van der Waals surface area contributed by atoms with Crippen LogP contribution in [-0.4, -0.2) is 19.2 Å². The molecule has 0 aliphatic heterocycles. The molecule has 3 rings (SSSR count). The molecule has 5 heteroatoms. The molecule has 0 bridgehead atoms. The van der Waals surface area contributed by atoms with Gasteiger partial charge >= 0.3 is 5.69 Å². The van der Waals surface area contributed by atoms with Gasteiger partial charge in [0.05, 0.1) is 17.8 Å². The first-order chi connectivity index (χ1) is 8.75. The van der Waals surface area contributed by atoms with E-state index in [-0.39, 0.29) is 5.69 Å². The Labute approximate surface area is 103 Å². The van der Waals surface area contributed by atoms with Crippen molar-refractivity contribution in [2.45, 2.75) is 13.5 Å². The molecule has 5 nitrogen and oxygen atoms in total. The van der Waals surface area contributed by atoms with Gasteiger partial charge < -0.3 is 0 Å². The fourth-order valence-corrected chi connectivity index (χ4v) is 2.01. The third kappa shape index (κ3) is 1.69. The number of aromatic nitrogens is 4. The summed E-state index contributed by atoms with van der Waals surface area (Å²) in [6.07, 6.45) is 5.20. The van der Waals surface area contributed by atoms with E-state index < -0.39 is 0 Å². The molecule has 0 aliphatic rings. The quantitative estimate of drug-likeness (QED) is 0.677. The topological polar surface area (TPSA) is 52.2 Å². The highest BCUT2D eigenvalue weighted by atomic mass is 16.2. The van der Waals surface area contributed by atoms with Crippen LogP contribution in [0.5, 0.6) is 0 Å². The fraction of sp³-hybridized carbons (Fsp3) is 0.154. The number of aryl methyl sites for hydroxylation is 1. The van der Waals surface area contributed by atoms with Crippen LogP contribution in [0.2, 0.25) is 0 Å². The Morgan fingerprint density at radius 1 is 1.28 bits per heavy atom. The zero-order valence-corrected chi connectivity index (χ0v) is 9.95. The Morgan fingerprint density at radius 3 is 2.94 bits per heavy atom. The highest BCUT2D eigenvalue weighted by molar-refractivity contribution is 5.50. The van der Waals surface area contributed by atoms with E-state index in [4.69, 9.17) is 0 Å². The number of hydrogen-bond acceptors (Lipinski definition) is 3. The third-order valence-corrected chi connectivity index (χ3v) is 2.87. The third-order valence-electron chi connectivity index (χ3n) is 2.87. The molecule has 0 fully saturated rings. The summed E-state index contributed by atoms with van der Waals surface area (Å²) in [6, 6.07) is 7.51. The molecule has 18 heavy (non-hydrogen) atoms. The van der Waals surface area contributed by atoms with Crippen LogP contribution in [0.3, 0.4) is 0 Å². The van der Waals surface area contributed by atoms with E-state index in [1.165, 1.54) is 4.68 Å². The van der Waals surface area contributed by atoms with Gasteiger partial charge in [0, 0.05) is 18.6 Å². The Bertz CT molecular complexity index is 743. The molecule has 0 atom stereocenters. The normalized spacial score (nSPS) is 10.9. The summed E-state index contributed by atoms with van der Waals surface area (Å²) in [4.78, 5) is 16.2. The predicted molar refractivity (Wildman–Crippen MR) is 67.5 cm³/mol. The second kappa shape index (κ2) is 4.10. The summed E-state index contributed by atoms with van der Waals surface area (Å²) < 4.78 is 3.07. The molecule has 0 saturated carbocycles. The summed E-state index contributed by atoms with van der Waals surface area (Å²) in [7, 11) is 0. The zero-order chi connectivity index (χ0) is 12.5. The van der Waals surface area contributed by atoms with Crippen LogP contribution in [-0.2, 0) is 6.54 Å². The van der Waals surface area contributed by atoms with Crippen LogP contribution in [0.4, 0.5) is 0 Å². The Morgan fingerprint density at radius 2 is 2.17 bits per heavy atom. The summed E-state index contributed by atoms with van der Waals surface area (Å²) >= 11 is 0. The molecule has 0 aromatic carbocycles. The van der Waals surface area contributed by atoms with E-state index in [1.807, 2.05) is 31.2 Å². The van der Waals surface area contributed by atoms with E-state index in [0.717, 1.165) is 16.8 Å². The minimum absolute atomic E-state index is 0.135. The second-order valence-electron chi connectivity index (χ2n) is 4.15. The maximum absolute atomic E-state index is 12.2. The van der Waals surface area contributed by atoms with Crippen LogP contribution < -0.4 is 5.69 Å². The first-order valence-electron chi connectivity index (χ1n) is 5.69. The lowest BCUT2D eigenvalue weighted by Gasteiger charge is -2.07. The van der Waals surface area contributed by atoms with Crippen molar-refractivity contribution in [1.82, 2.24) is 19.2 Å². The minimum Gasteiger partial charge on any atom is -0.266 e. The van der Waals surface area contributed by atoms with Crippen LogP contribution in [0.15, 0.2) is 47.7 Å². The van der Waals surface area contributed by atoms with Crippen molar-refractivity contribution in [3.8, 4) is 0 Å². The van der Waals surface area contributed by atoms with Gasteiger partial charge in [0.15, 0.2) is 0 Å². The van der Waals surface area contributed by atoms with Crippen LogP contribution >= 0.6 is 0 Å². The second-order valence-corrected chi connectivity index (χ2v) is 4.15. The van der Waals surface area contributed by atoms with Gasteiger partial charge in [-0.05, 0) is 30.7 Å². The van der Waals surface area contributed by atoms with E-state index in [2.05, 4.69) is 10.1 Å². The smallest absolute Gasteiger partial charge is 0.266 e. The number of rotatable bonds is 2. The molecule has 0 saturated heterocycles. The molecular weight excluding hydrogens is 228 g/mol. The first-order valence-corrected chi connectivity index (χ1v) is 5.69. The van der Waals surface area contributed by atoms with Crippen LogP contribution in [0.1, 0.15) is 11.3 Å². The van der Waals surface area contributed by atoms with E-state index in [1.54, 1.807) is 23.0 Å². The van der Waals surface area contributed by atoms with Gasteiger partial charge in [-0.2, -0.15) is 5.10 Å². The molecule has 0 N–H and O–H groups in total. The molecule has 0 radical (unpaired) electrons. The minimum atomic E-state index is -0.135. The van der Waals surface area contributed by atoms with Crippen molar-refractivity contribution >= 4 is 5.52 Å². The van der Waals surface area contributed by atoms with E-state index in [9.17, 15) is 4.79 Å².